The van der Waals surface area contributed by atoms with E-state index in [-0.39, 0.29) is 0 Å². The normalized spacial score (nSPS) is 40.5. The van der Waals surface area contributed by atoms with Crippen LogP contribution in [0.25, 0.3) is 0 Å². The Morgan fingerprint density at radius 3 is 2.40 bits per heavy atom. The van der Waals surface area contributed by atoms with E-state index in [1.165, 1.54) is 12.8 Å². The molecule has 60 valence electrons. The third kappa shape index (κ3) is 1.72. The Balaban J connectivity index is 2.31. The topological polar surface area (TPSA) is 20.2 Å². The van der Waals surface area contributed by atoms with Crippen molar-refractivity contribution in [3.63, 3.8) is 0 Å². The molecule has 0 saturated heterocycles. The van der Waals surface area contributed by atoms with E-state index in [0.717, 1.165) is 24.2 Å². The van der Waals surface area contributed by atoms with Gasteiger partial charge in [0.15, 0.2) is 0 Å². The highest BCUT2D eigenvalue weighted by Crippen LogP contribution is 2.37. The average Bonchev–Trinajstić information content (AvgIpc) is 2.13. The van der Waals surface area contributed by atoms with E-state index in [2.05, 4.69) is 13.8 Å². The Labute approximate surface area is 63.4 Å². The molecule has 0 bridgehead atoms. The summed E-state index contributed by atoms with van der Waals surface area (Å²) in [6, 6.07) is 0. The molecule has 1 rings (SSSR count). The lowest BCUT2D eigenvalue weighted by atomic mass is 9.95. The second kappa shape index (κ2) is 3.38. The Hall–Kier alpha value is -0.0400. The van der Waals surface area contributed by atoms with Gasteiger partial charge in [-0.25, -0.2) is 0 Å². The molecule has 1 nitrogen and oxygen atoms in total. The molecule has 1 saturated carbocycles. The molecule has 3 unspecified atom stereocenters. The first-order valence-corrected chi connectivity index (χ1v) is 4.35. The molecule has 0 aromatic rings. The van der Waals surface area contributed by atoms with Crippen molar-refractivity contribution < 1.29 is 5.11 Å². The number of aliphatic hydroxyl groups is 1. The van der Waals surface area contributed by atoms with Gasteiger partial charge in [-0.2, -0.15) is 0 Å². The Morgan fingerprint density at radius 2 is 2.00 bits per heavy atom. The van der Waals surface area contributed by atoms with Gasteiger partial charge in [-0.15, -0.1) is 0 Å². The van der Waals surface area contributed by atoms with Gasteiger partial charge in [-0.05, 0) is 37.0 Å². The first-order chi connectivity index (χ1) is 4.74. The maximum absolute atomic E-state index is 8.73. The van der Waals surface area contributed by atoms with Crippen LogP contribution in [0.2, 0.25) is 0 Å². The molecule has 0 amide bonds. The fourth-order valence-electron chi connectivity index (χ4n) is 2.24. The number of aliphatic hydroxyl groups excluding tert-OH is 1. The zero-order chi connectivity index (χ0) is 7.56. The van der Waals surface area contributed by atoms with Crippen molar-refractivity contribution in [1.82, 2.24) is 0 Å². The van der Waals surface area contributed by atoms with Gasteiger partial charge in [-0.3, -0.25) is 0 Å². The van der Waals surface area contributed by atoms with Gasteiger partial charge < -0.3 is 5.11 Å². The molecule has 3 atom stereocenters. The molecule has 1 heteroatoms. The van der Waals surface area contributed by atoms with Crippen molar-refractivity contribution in [3.05, 3.63) is 0 Å². The second-order valence-electron chi connectivity index (χ2n) is 3.83. The fraction of sp³-hybridized carbons (Fsp3) is 1.00. The van der Waals surface area contributed by atoms with Crippen molar-refractivity contribution in [2.45, 2.75) is 33.1 Å². The zero-order valence-corrected chi connectivity index (χ0v) is 7.01. The average molecular weight is 142 g/mol. The van der Waals surface area contributed by atoms with Crippen LogP contribution in [0.5, 0.6) is 0 Å². The summed E-state index contributed by atoms with van der Waals surface area (Å²) in [5, 5.41) is 8.73. The van der Waals surface area contributed by atoms with Crippen LogP contribution in [0.3, 0.4) is 0 Å². The molecule has 1 fully saturated rings. The largest absolute Gasteiger partial charge is 0.396 e. The van der Waals surface area contributed by atoms with Gasteiger partial charge in [0.25, 0.3) is 0 Å². The molecule has 0 heterocycles. The highest BCUT2D eigenvalue weighted by Gasteiger charge is 2.27. The zero-order valence-electron chi connectivity index (χ0n) is 7.01. The Morgan fingerprint density at radius 1 is 1.30 bits per heavy atom. The summed E-state index contributed by atoms with van der Waals surface area (Å²) < 4.78 is 0. The summed E-state index contributed by atoms with van der Waals surface area (Å²) in [7, 11) is 0. The molecule has 0 radical (unpaired) electrons. The van der Waals surface area contributed by atoms with Crippen LogP contribution in [0.15, 0.2) is 0 Å². The molecule has 0 aliphatic heterocycles. The van der Waals surface area contributed by atoms with Gasteiger partial charge >= 0.3 is 0 Å². The third-order valence-electron chi connectivity index (χ3n) is 2.78. The van der Waals surface area contributed by atoms with E-state index in [0.29, 0.717) is 6.61 Å². The van der Waals surface area contributed by atoms with E-state index in [4.69, 9.17) is 5.11 Å². The number of hydrogen-bond acceptors (Lipinski definition) is 1. The minimum absolute atomic E-state index is 0.377. The summed E-state index contributed by atoms with van der Waals surface area (Å²) in [5.41, 5.74) is 0. The summed E-state index contributed by atoms with van der Waals surface area (Å²) in [6.07, 6.45) is 3.72. The maximum Gasteiger partial charge on any atom is 0.0433 e. The molecule has 10 heavy (non-hydrogen) atoms. The van der Waals surface area contributed by atoms with Crippen molar-refractivity contribution in [3.8, 4) is 0 Å². The molecule has 0 aromatic heterocycles. The van der Waals surface area contributed by atoms with Gasteiger partial charge in [0.2, 0.25) is 0 Å². The summed E-state index contributed by atoms with van der Waals surface area (Å²) in [4.78, 5) is 0. The molecule has 1 aliphatic carbocycles. The van der Waals surface area contributed by atoms with Crippen LogP contribution in [0, 0.1) is 17.8 Å². The van der Waals surface area contributed by atoms with Crippen LogP contribution in [-0.2, 0) is 0 Å². The van der Waals surface area contributed by atoms with Crippen LogP contribution in [-0.4, -0.2) is 11.7 Å². The standard InChI is InChI=1S/C9H18O/c1-7-5-8(2)9(6-7)3-4-10/h7-10H,3-6H2,1-2H3. The molecule has 0 spiro atoms. The fourth-order valence-corrected chi connectivity index (χ4v) is 2.24. The maximum atomic E-state index is 8.73. The Bertz CT molecular complexity index is 101. The Kier molecular flexibility index (Phi) is 2.72. The monoisotopic (exact) mass is 142 g/mol. The van der Waals surface area contributed by atoms with E-state index in [1.54, 1.807) is 0 Å². The first kappa shape index (κ1) is 8.06. The van der Waals surface area contributed by atoms with Gasteiger partial charge in [0.05, 0.1) is 0 Å². The first-order valence-electron chi connectivity index (χ1n) is 4.35. The smallest absolute Gasteiger partial charge is 0.0433 e. The highest BCUT2D eigenvalue weighted by molar-refractivity contribution is 4.78. The van der Waals surface area contributed by atoms with Crippen LogP contribution < -0.4 is 0 Å². The van der Waals surface area contributed by atoms with E-state index in [9.17, 15) is 0 Å². The lowest BCUT2D eigenvalue weighted by Gasteiger charge is -2.12. The van der Waals surface area contributed by atoms with E-state index >= 15 is 0 Å². The highest BCUT2D eigenvalue weighted by atomic mass is 16.3. The molecule has 1 N–H and O–H groups in total. The third-order valence-corrected chi connectivity index (χ3v) is 2.78. The molecule has 0 aromatic carbocycles. The van der Waals surface area contributed by atoms with Gasteiger partial charge in [-0.1, -0.05) is 13.8 Å². The predicted octanol–water partition coefficient (Wildman–Crippen LogP) is 2.05. The van der Waals surface area contributed by atoms with Gasteiger partial charge in [0, 0.05) is 6.61 Å². The predicted molar refractivity (Wildman–Crippen MR) is 42.8 cm³/mol. The summed E-state index contributed by atoms with van der Waals surface area (Å²) in [5.74, 6) is 2.55. The van der Waals surface area contributed by atoms with Crippen LogP contribution in [0.4, 0.5) is 0 Å². The lowest BCUT2D eigenvalue weighted by molar-refractivity contribution is 0.239. The number of hydrogen-bond donors (Lipinski definition) is 1. The lowest BCUT2D eigenvalue weighted by Crippen LogP contribution is -2.05. The van der Waals surface area contributed by atoms with Crippen molar-refractivity contribution in [1.29, 1.82) is 0 Å². The van der Waals surface area contributed by atoms with Crippen molar-refractivity contribution in [2.24, 2.45) is 17.8 Å². The van der Waals surface area contributed by atoms with Crippen LogP contribution in [0.1, 0.15) is 33.1 Å². The summed E-state index contributed by atoms with van der Waals surface area (Å²) >= 11 is 0. The SMILES string of the molecule is CC1CC(C)C(CCO)C1. The van der Waals surface area contributed by atoms with E-state index < -0.39 is 0 Å². The van der Waals surface area contributed by atoms with Crippen molar-refractivity contribution >= 4 is 0 Å². The van der Waals surface area contributed by atoms with Crippen molar-refractivity contribution in [2.75, 3.05) is 6.61 Å². The quantitative estimate of drug-likeness (QED) is 0.625. The minimum Gasteiger partial charge on any atom is -0.396 e. The molecule has 1 aliphatic rings. The minimum atomic E-state index is 0.377. The molecular formula is C9H18O. The summed E-state index contributed by atoms with van der Waals surface area (Å²) in [6.45, 7) is 5.00. The van der Waals surface area contributed by atoms with Crippen LogP contribution >= 0.6 is 0 Å². The second-order valence-corrected chi connectivity index (χ2v) is 3.83. The molecular weight excluding hydrogens is 124 g/mol. The van der Waals surface area contributed by atoms with E-state index in [1.807, 2.05) is 0 Å². The number of rotatable bonds is 2. The van der Waals surface area contributed by atoms with Gasteiger partial charge in [0.1, 0.15) is 0 Å².